The van der Waals surface area contributed by atoms with Gasteiger partial charge in [0, 0.05) is 11.1 Å². The quantitative estimate of drug-likeness (QED) is 0.842. The second-order valence-corrected chi connectivity index (χ2v) is 4.70. The average molecular weight is 282 g/mol. The second kappa shape index (κ2) is 6.95. The summed E-state index contributed by atoms with van der Waals surface area (Å²) < 4.78 is 17.3. The Morgan fingerprint density at radius 3 is 1.38 bits per heavy atom. The van der Waals surface area contributed by atoms with Gasteiger partial charge in [-0.15, -0.1) is 0 Å². The van der Waals surface area contributed by atoms with Crippen molar-refractivity contribution in [1.82, 2.24) is 0 Å². The summed E-state index contributed by atoms with van der Waals surface area (Å²) in [4.78, 5) is 0. The van der Waals surface area contributed by atoms with Crippen molar-refractivity contribution in [2.45, 2.75) is 0 Å². The molecule has 3 nitrogen and oxygen atoms in total. The minimum atomic E-state index is 0.518. The standard InChI is InChI=1S/C18H18O3/c1-3-7-15(8-4-1)17-18(16-9-5-2-6-10-16)21-14-12-19-11-13-20-17/h1-10H,11-14H2. The molecule has 1 aliphatic rings. The maximum atomic E-state index is 5.95. The van der Waals surface area contributed by atoms with Crippen molar-refractivity contribution in [3.8, 4) is 0 Å². The maximum absolute atomic E-state index is 5.95. The van der Waals surface area contributed by atoms with Gasteiger partial charge in [-0.1, -0.05) is 60.7 Å². The van der Waals surface area contributed by atoms with Crippen LogP contribution in [0.25, 0.3) is 11.5 Å². The highest BCUT2D eigenvalue weighted by Crippen LogP contribution is 2.28. The van der Waals surface area contributed by atoms with E-state index >= 15 is 0 Å². The number of ether oxygens (including phenoxy) is 3. The Bertz CT molecular complexity index is 537. The Labute approximate surface area is 124 Å². The first-order chi connectivity index (χ1) is 10.4. The van der Waals surface area contributed by atoms with Crippen LogP contribution < -0.4 is 0 Å². The van der Waals surface area contributed by atoms with E-state index in [9.17, 15) is 0 Å². The molecule has 0 amide bonds. The van der Waals surface area contributed by atoms with E-state index in [1.54, 1.807) is 0 Å². The van der Waals surface area contributed by atoms with Crippen molar-refractivity contribution in [3.05, 3.63) is 71.8 Å². The zero-order valence-corrected chi connectivity index (χ0v) is 11.8. The zero-order chi connectivity index (χ0) is 14.3. The molecule has 0 aliphatic carbocycles. The molecule has 1 heterocycles. The molecule has 108 valence electrons. The lowest BCUT2D eigenvalue weighted by molar-refractivity contribution is 0.0737. The number of rotatable bonds is 2. The van der Waals surface area contributed by atoms with Crippen LogP contribution in [-0.4, -0.2) is 26.4 Å². The normalized spacial score (nSPS) is 16.2. The van der Waals surface area contributed by atoms with E-state index in [4.69, 9.17) is 14.2 Å². The molecule has 0 aromatic heterocycles. The molecule has 0 fully saturated rings. The molecule has 3 rings (SSSR count). The van der Waals surface area contributed by atoms with Crippen LogP contribution in [0.2, 0.25) is 0 Å². The summed E-state index contributed by atoms with van der Waals surface area (Å²) in [6, 6.07) is 20.1. The molecule has 0 bridgehead atoms. The molecule has 3 heteroatoms. The van der Waals surface area contributed by atoms with Gasteiger partial charge < -0.3 is 14.2 Å². The third kappa shape index (κ3) is 3.44. The molecular weight excluding hydrogens is 264 g/mol. The largest absolute Gasteiger partial charge is 0.487 e. The van der Waals surface area contributed by atoms with E-state index in [1.165, 1.54) is 0 Å². The minimum absolute atomic E-state index is 0.518. The predicted molar refractivity (Wildman–Crippen MR) is 82.4 cm³/mol. The van der Waals surface area contributed by atoms with Crippen molar-refractivity contribution < 1.29 is 14.2 Å². The molecular formula is C18H18O3. The highest BCUT2D eigenvalue weighted by molar-refractivity contribution is 5.84. The van der Waals surface area contributed by atoms with Gasteiger partial charge in [-0.2, -0.15) is 0 Å². The fourth-order valence-electron chi connectivity index (χ4n) is 2.25. The van der Waals surface area contributed by atoms with Crippen LogP contribution in [0.5, 0.6) is 0 Å². The van der Waals surface area contributed by atoms with Crippen molar-refractivity contribution in [2.75, 3.05) is 26.4 Å². The maximum Gasteiger partial charge on any atom is 0.169 e. The first kappa shape index (κ1) is 13.7. The lowest BCUT2D eigenvalue weighted by Crippen LogP contribution is -2.05. The second-order valence-electron chi connectivity index (χ2n) is 4.70. The summed E-state index contributed by atoms with van der Waals surface area (Å²) in [5, 5.41) is 0. The molecule has 0 N–H and O–H groups in total. The van der Waals surface area contributed by atoms with Gasteiger partial charge in [-0.3, -0.25) is 0 Å². The van der Waals surface area contributed by atoms with Crippen molar-refractivity contribution in [2.24, 2.45) is 0 Å². The summed E-state index contributed by atoms with van der Waals surface area (Å²) in [7, 11) is 0. The molecule has 1 aliphatic heterocycles. The number of benzene rings is 2. The topological polar surface area (TPSA) is 27.7 Å². The van der Waals surface area contributed by atoms with E-state index < -0.39 is 0 Å². The van der Waals surface area contributed by atoms with Gasteiger partial charge in [0.05, 0.1) is 13.2 Å². The number of hydrogen-bond acceptors (Lipinski definition) is 3. The van der Waals surface area contributed by atoms with Gasteiger partial charge in [0.2, 0.25) is 0 Å². The van der Waals surface area contributed by atoms with E-state index in [0.717, 1.165) is 22.6 Å². The zero-order valence-electron chi connectivity index (χ0n) is 11.8. The first-order valence-corrected chi connectivity index (χ1v) is 7.13. The lowest BCUT2D eigenvalue weighted by Gasteiger charge is -2.16. The lowest BCUT2D eigenvalue weighted by atomic mass is 10.1. The SMILES string of the molecule is c1ccc(C2=C(c3ccccc3)OCCOCCO2)cc1. The van der Waals surface area contributed by atoms with Gasteiger partial charge >= 0.3 is 0 Å². The molecule has 21 heavy (non-hydrogen) atoms. The summed E-state index contributed by atoms with van der Waals surface area (Å²) in [5.74, 6) is 1.54. The first-order valence-electron chi connectivity index (χ1n) is 7.13. The third-order valence-electron chi connectivity index (χ3n) is 3.23. The molecule has 0 saturated heterocycles. The summed E-state index contributed by atoms with van der Waals surface area (Å²) >= 11 is 0. The van der Waals surface area contributed by atoms with E-state index in [-0.39, 0.29) is 0 Å². The molecule has 0 saturated carbocycles. The monoisotopic (exact) mass is 282 g/mol. The van der Waals surface area contributed by atoms with Crippen LogP contribution in [0.1, 0.15) is 11.1 Å². The minimum Gasteiger partial charge on any atom is -0.487 e. The fourth-order valence-corrected chi connectivity index (χ4v) is 2.25. The Morgan fingerprint density at radius 2 is 0.952 bits per heavy atom. The van der Waals surface area contributed by atoms with Crippen molar-refractivity contribution >= 4 is 11.5 Å². The average Bonchev–Trinajstić information content (AvgIpc) is 2.68. The number of hydrogen-bond donors (Lipinski definition) is 0. The van der Waals surface area contributed by atoms with Crippen LogP contribution in [0.15, 0.2) is 60.7 Å². The summed E-state index contributed by atoms with van der Waals surface area (Å²) in [6.45, 7) is 2.18. The van der Waals surface area contributed by atoms with Gasteiger partial charge in [0.15, 0.2) is 11.5 Å². The molecule has 0 radical (unpaired) electrons. The Hall–Kier alpha value is -2.26. The molecule has 0 unspecified atom stereocenters. The predicted octanol–water partition coefficient (Wildman–Crippen LogP) is 3.58. The Morgan fingerprint density at radius 1 is 0.524 bits per heavy atom. The molecule has 2 aromatic carbocycles. The Kier molecular flexibility index (Phi) is 4.54. The van der Waals surface area contributed by atoms with Crippen molar-refractivity contribution in [3.63, 3.8) is 0 Å². The smallest absolute Gasteiger partial charge is 0.169 e. The van der Waals surface area contributed by atoms with E-state index in [0.29, 0.717) is 26.4 Å². The molecule has 2 aromatic rings. The van der Waals surface area contributed by atoms with Crippen molar-refractivity contribution in [1.29, 1.82) is 0 Å². The van der Waals surface area contributed by atoms with E-state index in [2.05, 4.69) is 0 Å². The van der Waals surface area contributed by atoms with Crippen LogP contribution in [-0.2, 0) is 14.2 Å². The molecule has 0 atom stereocenters. The highest BCUT2D eigenvalue weighted by atomic mass is 16.6. The Balaban J connectivity index is 2.07. The van der Waals surface area contributed by atoms with Gasteiger partial charge in [-0.25, -0.2) is 0 Å². The highest BCUT2D eigenvalue weighted by Gasteiger charge is 2.16. The van der Waals surface area contributed by atoms with Crippen LogP contribution >= 0.6 is 0 Å². The van der Waals surface area contributed by atoms with Gasteiger partial charge in [0.1, 0.15) is 13.2 Å². The van der Waals surface area contributed by atoms with Crippen LogP contribution in [0.4, 0.5) is 0 Å². The van der Waals surface area contributed by atoms with Crippen LogP contribution in [0.3, 0.4) is 0 Å². The van der Waals surface area contributed by atoms with Gasteiger partial charge in [-0.05, 0) is 0 Å². The third-order valence-corrected chi connectivity index (χ3v) is 3.23. The molecule has 0 spiro atoms. The van der Waals surface area contributed by atoms with Gasteiger partial charge in [0.25, 0.3) is 0 Å². The van der Waals surface area contributed by atoms with E-state index in [1.807, 2.05) is 60.7 Å². The summed E-state index contributed by atoms with van der Waals surface area (Å²) in [5.41, 5.74) is 2.02. The van der Waals surface area contributed by atoms with Crippen LogP contribution in [0, 0.1) is 0 Å². The summed E-state index contributed by atoms with van der Waals surface area (Å²) in [6.07, 6.45) is 0. The fraction of sp³-hybridized carbons (Fsp3) is 0.222.